The van der Waals surface area contributed by atoms with Crippen LogP contribution < -0.4 is 14.9 Å². The van der Waals surface area contributed by atoms with Gasteiger partial charge in [0.05, 0.1) is 43.6 Å². The monoisotopic (exact) mass is 604 g/mol. The highest BCUT2D eigenvalue weighted by Gasteiger charge is 2.33. The molecule has 0 spiro atoms. The smallest absolute Gasteiger partial charge is 0.338 e. The molecule has 10 nitrogen and oxygen atoms in total. The number of furan rings is 1. The number of thiazole rings is 2. The van der Waals surface area contributed by atoms with Gasteiger partial charge in [0.25, 0.3) is 11.2 Å². The van der Waals surface area contributed by atoms with Crippen molar-refractivity contribution in [3.05, 3.63) is 113 Å². The van der Waals surface area contributed by atoms with Crippen molar-refractivity contribution >= 4 is 62.4 Å². The number of carbonyl (C=O) groups excluding carboxylic acids is 1. The molecule has 206 valence electrons. The molecule has 1 aliphatic heterocycles. The molecule has 0 aliphatic carbocycles. The molecule has 4 heterocycles. The lowest BCUT2D eigenvalue weighted by Crippen LogP contribution is -2.39. The minimum Gasteiger partial charge on any atom is -0.463 e. The van der Waals surface area contributed by atoms with Crippen LogP contribution in [0.1, 0.15) is 31.2 Å². The lowest BCUT2D eigenvalue weighted by atomic mass is 9.96. The summed E-state index contributed by atoms with van der Waals surface area (Å²) in [6.07, 6.45) is 1.65. The second-order valence-electron chi connectivity index (χ2n) is 8.86. The van der Waals surface area contributed by atoms with E-state index >= 15 is 0 Å². The predicted octanol–water partition coefficient (Wildman–Crippen LogP) is 5.06. The summed E-state index contributed by atoms with van der Waals surface area (Å²) in [7, 11) is 0. The highest BCUT2D eigenvalue weighted by molar-refractivity contribution is 8.01. The number of nitro groups is 1. The maximum atomic E-state index is 13.7. The fourth-order valence-corrected chi connectivity index (χ4v) is 7.50. The summed E-state index contributed by atoms with van der Waals surface area (Å²) in [6.45, 7) is 3.69. The van der Waals surface area contributed by atoms with Gasteiger partial charge in [-0.3, -0.25) is 19.5 Å². The van der Waals surface area contributed by atoms with E-state index in [1.165, 1.54) is 51.1 Å². The molecular formula is C28H20N4O6S3. The second-order valence-corrected chi connectivity index (χ2v) is 12.2. The minimum absolute atomic E-state index is 0.0125. The fraction of sp³-hybridized carbons (Fsp3) is 0.143. The van der Waals surface area contributed by atoms with Crippen molar-refractivity contribution in [2.24, 2.45) is 4.99 Å². The Hall–Kier alpha value is -4.33. The third kappa shape index (κ3) is 5.14. The number of hydrogen-bond donors (Lipinski definition) is 0. The lowest BCUT2D eigenvalue weighted by Gasteiger charge is -2.24. The van der Waals surface area contributed by atoms with Crippen LogP contribution in [0.15, 0.2) is 95.6 Å². The normalized spacial score (nSPS) is 15.2. The lowest BCUT2D eigenvalue weighted by molar-refractivity contribution is -0.384. The number of hydrogen-bond acceptors (Lipinski definition) is 11. The summed E-state index contributed by atoms with van der Waals surface area (Å²) in [4.78, 5) is 46.9. The van der Waals surface area contributed by atoms with E-state index in [0.717, 1.165) is 5.56 Å². The molecule has 2 aromatic carbocycles. The van der Waals surface area contributed by atoms with Crippen molar-refractivity contribution in [1.82, 2.24) is 9.55 Å². The first-order valence-corrected chi connectivity index (χ1v) is 14.8. The quantitative estimate of drug-likeness (QED) is 0.143. The number of aromatic nitrogens is 2. The second kappa shape index (κ2) is 10.9. The number of esters is 1. The van der Waals surface area contributed by atoms with Gasteiger partial charge in [0.15, 0.2) is 14.2 Å². The zero-order valence-corrected chi connectivity index (χ0v) is 24.0. The van der Waals surface area contributed by atoms with Crippen LogP contribution in [0, 0.1) is 10.1 Å². The molecule has 0 fully saturated rings. The first kappa shape index (κ1) is 26.9. The van der Waals surface area contributed by atoms with Crippen LogP contribution in [0.2, 0.25) is 0 Å². The topological polar surface area (TPSA) is 130 Å². The van der Waals surface area contributed by atoms with Crippen molar-refractivity contribution < 1.29 is 18.9 Å². The van der Waals surface area contributed by atoms with E-state index < -0.39 is 16.9 Å². The molecule has 3 aromatic heterocycles. The molecule has 0 saturated carbocycles. The predicted molar refractivity (Wildman–Crippen MR) is 156 cm³/mol. The summed E-state index contributed by atoms with van der Waals surface area (Å²) < 4.78 is 14.6. The Morgan fingerprint density at radius 1 is 1.20 bits per heavy atom. The number of rotatable bonds is 7. The van der Waals surface area contributed by atoms with Gasteiger partial charge in [-0.2, -0.15) is 0 Å². The maximum Gasteiger partial charge on any atom is 0.338 e. The summed E-state index contributed by atoms with van der Waals surface area (Å²) in [5.74, 6) is -0.0406. The van der Waals surface area contributed by atoms with E-state index in [1.807, 2.05) is 30.3 Å². The first-order chi connectivity index (χ1) is 19.8. The molecule has 0 bridgehead atoms. The van der Waals surface area contributed by atoms with Crippen molar-refractivity contribution in [2.75, 3.05) is 6.61 Å². The molecule has 0 N–H and O–H groups in total. The Morgan fingerprint density at radius 2 is 2.00 bits per heavy atom. The van der Waals surface area contributed by atoms with Gasteiger partial charge < -0.3 is 9.15 Å². The summed E-state index contributed by atoms with van der Waals surface area (Å²) >= 11 is 3.84. The Labute approximate surface area is 244 Å². The van der Waals surface area contributed by atoms with Crippen LogP contribution in [0.25, 0.3) is 16.3 Å². The van der Waals surface area contributed by atoms with Crippen LogP contribution in [0.3, 0.4) is 0 Å². The van der Waals surface area contributed by atoms with Crippen LogP contribution >= 0.6 is 34.4 Å². The average molecular weight is 605 g/mol. The standard InChI is InChI=1S/C28H20N4O6S3/c1-3-37-26(34)23-15(2)29-27-31(24(23)16-7-5-4-6-8-16)25(33)21(39-27)14-18-10-12-22(38-18)41-28-30-19-11-9-17(32(35)36)13-20(19)40-28/h4-14,24H,3H2,1-2H3/b21-14-/t24-/m0/s1. The average Bonchev–Trinajstić information content (AvgIpc) is 3.65. The number of carbonyl (C=O) groups is 1. The molecule has 0 radical (unpaired) electrons. The van der Waals surface area contributed by atoms with E-state index in [4.69, 9.17) is 9.15 Å². The number of nitrogens with zero attached hydrogens (tertiary/aromatic N) is 4. The van der Waals surface area contributed by atoms with Crippen LogP contribution in [-0.2, 0) is 9.53 Å². The Morgan fingerprint density at radius 3 is 2.76 bits per heavy atom. The molecular weight excluding hydrogens is 585 g/mol. The highest BCUT2D eigenvalue weighted by Crippen LogP contribution is 2.36. The summed E-state index contributed by atoms with van der Waals surface area (Å²) in [5.41, 5.74) is 1.99. The summed E-state index contributed by atoms with van der Waals surface area (Å²) in [5, 5.41) is 11.6. The Bertz CT molecular complexity index is 2040. The molecule has 1 atom stereocenters. The molecule has 1 aliphatic rings. The Balaban J connectivity index is 1.35. The number of nitro benzene ring substituents is 1. The largest absolute Gasteiger partial charge is 0.463 e. The molecule has 0 unspecified atom stereocenters. The van der Waals surface area contributed by atoms with Crippen LogP contribution in [-0.4, -0.2) is 27.1 Å². The van der Waals surface area contributed by atoms with Gasteiger partial charge in [0, 0.05) is 18.2 Å². The van der Waals surface area contributed by atoms with Gasteiger partial charge in [-0.15, -0.1) is 11.3 Å². The third-order valence-corrected chi connectivity index (χ3v) is 9.24. The van der Waals surface area contributed by atoms with Crippen LogP contribution in [0.4, 0.5) is 5.69 Å². The Kier molecular flexibility index (Phi) is 7.15. The van der Waals surface area contributed by atoms with Crippen molar-refractivity contribution in [3.8, 4) is 0 Å². The first-order valence-electron chi connectivity index (χ1n) is 12.4. The van der Waals surface area contributed by atoms with Gasteiger partial charge in [-0.1, -0.05) is 41.7 Å². The minimum atomic E-state index is -0.675. The van der Waals surface area contributed by atoms with Crippen molar-refractivity contribution in [2.45, 2.75) is 29.3 Å². The van der Waals surface area contributed by atoms with Crippen molar-refractivity contribution in [3.63, 3.8) is 0 Å². The third-order valence-electron chi connectivity index (χ3n) is 6.26. The van der Waals surface area contributed by atoms with Crippen LogP contribution in [0.5, 0.6) is 0 Å². The molecule has 0 saturated heterocycles. The van der Waals surface area contributed by atoms with Gasteiger partial charge >= 0.3 is 5.97 Å². The van der Waals surface area contributed by atoms with Gasteiger partial charge in [-0.05, 0) is 49.4 Å². The van der Waals surface area contributed by atoms with E-state index in [0.29, 0.717) is 46.0 Å². The van der Waals surface area contributed by atoms with Crippen molar-refractivity contribution in [1.29, 1.82) is 0 Å². The summed E-state index contributed by atoms with van der Waals surface area (Å²) in [6, 6.07) is 16.7. The molecule has 0 amide bonds. The van der Waals surface area contributed by atoms with E-state index in [1.54, 1.807) is 38.1 Å². The molecule has 41 heavy (non-hydrogen) atoms. The molecule has 13 heteroatoms. The van der Waals surface area contributed by atoms with E-state index in [2.05, 4.69) is 9.98 Å². The number of ether oxygens (including phenoxy) is 1. The fourth-order valence-electron chi connectivity index (χ4n) is 4.47. The number of allylic oxidation sites excluding steroid dienone is 1. The highest BCUT2D eigenvalue weighted by atomic mass is 32.2. The molecule has 5 aromatic rings. The van der Waals surface area contributed by atoms with Gasteiger partial charge in [0.1, 0.15) is 5.76 Å². The maximum absolute atomic E-state index is 13.7. The number of non-ortho nitro benzene ring substituents is 1. The zero-order chi connectivity index (χ0) is 28.7. The van der Waals surface area contributed by atoms with E-state index in [9.17, 15) is 19.7 Å². The van der Waals surface area contributed by atoms with E-state index in [-0.39, 0.29) is 17.9 Å². The number of fused-ring (bicyclic) bond motifs is 2. The SMILES string of the molecule is CCOC(=O)C1=C(C)N=c2s/c(=C\c3ccc(Sc4nc5ccc([N+](=O)[O-])cc5s4)o3)c(=O)n2[C@H]1c1ccccc1. The van der Waals surface area contributed by atoms with Gasteiger partial charge in [0.2, 0.25) is 0 Å². The zero-order valence-electron chi connectivity index (χ0n) is 21.6. The number of benzene rings is 2. The van der Waals surface area contributed by atoms with Gasteiger partial charge in [-0.25, -0.2) is 14.8 Å². The molecule has 6 rings (SSSR count).